The Hall–Kier alpha value is -4.21. The Balaban J connectivity index is 1.40. The molecule has 1 aromatic heterocycles. The van der Waals surface area contributed by atoms with Gasteiger partial charge in [-0.3, -0.25) is 4.79 Å². The first-order chi connectivity index (χ1) is 19.1. The van der Waals surface area contributed by atoms with E-state index in [-0.39, 0.29) is 22.6 Å². The summed E-state index contributed by atoms with van der Waals surface area (Å²) in [5, 5.41) is 13.6. The molecule has 0 unspecified atom stereocenters. The lowest BCUT2D eigenvalue weighted by Gasteiger charge is -2.41. The standard InChI is InChI=1S/C31H30FNO7/c1-17-23(38-25-15-14-24(37-4)31(2,3)40-25)13-12-21-27(34)26(30(36)39-28(17)21)33-29(35)19-9-7-8-18(16-19)20-10-5-6-11-22(20)32/h5-13,16,24-25,34H,14-15H2,1-4H3,(H,33,35)/t24-,25-/m1/s1. The molecular formula is C31H30FNO7. The third kappa shape index (κ3) is 5.17. The van der Waals surface area contributed by atoms with Gasteiger partial charge in [0.05, 0.1) is 17.1 Å². The number of benzene rings is 3. The molecule has 1 aliphatic rings. The number of hydrogen-bond donors (Lipinski definition) is 2. The number of hydrogen-bond acceptors (Lipinski definition) is 7. The summed E-state index contributed by atoms with van der Waals surface area (Å²) in [5.74, 6) is -1.08. The smallest absolute Gasteiger partial charge is 0.364 e. The predicted octanol–water partition coefficient (Wildman–Crippen LogP) is 6.17. The number of ether oxygens (including phenoxy) is 3. The normalized spacial score (nSPS) is 18.4. The zero-order valence-electron chi connectivity index (χ0n) is 22.6. The highest BCUT2D eigenvalue weighted by atomic mass is 19.1. The SMILES string of the molecule is CO[C@@H]1CC[C@H](Oc2ccc3c(O)c(NC(=O)c4cccc(-c5ccccc5F)c4)c(=O)oc3c2C)OC1(C)C. The van der Waals surface area contributed by atoms with Gasteiger partial charge in [0.1, 0.15) is 17.1 Å². The molecule has 1 saturated heterocycles. The van der Waals surface area contributed by atoms with Gasteiger partial charge < -0.3 is 29.1 Å². The number of anilines is 1. The predicted molar refractivity (Wildman–Crippen MR) is 148 cm³/mol. The second kappa shape index (κ2) is 10.7. The minimum absolute atomic E-state index is 0.0596. The number of rotatable bonds is 6. The molecule has 8 nitrogen and oxygen atoms in total. The van der Waals surface area contributed by atoms with Crippen molar-refractivity contribution in [3.05, 3.63) is 88.0 Å². The van der Waals surface area contributed by atoms with E-state index < -0.39 is 40.7 Å². The summed E-state index contributed by atoms with van der Waals surface area (Å²) in [6.45, 7) is 5.58. The molecule has 0 aliphatic carbocycles. The lowest BCUT2D eigenvalue weighted by Crippen LogP contribution is -2.49. The number of carbonyl (C=O) groups is 1. The third-order valence-corrected chi connectivity index (χ3v) is 7.21. The molecule has 0 saturated carbocycles. The van der Waals surface area contributed by atoms with E-state index in [2.05, 4.69) is 5.32 Å². The van der Waals surface area contributed by atoms with Crippen molar-refractivity contribution in [3.63, 3.8) is 0 Å². The average molecular weight is 548 g/mol. The van der Waals surface area contributed by atoms with Gasteiger partial charge in [-0.2, -0.15) is 0 Å². The number of carbonyl (C=O) groups excluding carboxylic acids is 1. The Kier molecular flexibility index (Phi) is 7.35. The fraction of sp³-hybridized carbons (Fsp3) is 0.290. The highest BCUT2D eigenvalue weighted by Gasteiger charge is 2.39. The van der Waals surface area contributed by atoms with Crippen molar-refractivity contribution >= 4 is 22.6 Å². The second-order valence-corrected chi connectivity index (χ2v) is 10.3. The van der Waals surface area contributed by atoms with Crippen LogP contribution in [0.2, 0.25) is 0 Å². The summed E-state index contributed by atoms with van der Waals surface area (Å²) < 4.78 is 37.5. The van der Waals surface area contributed by atoms with Crippen LogP contribution in [0.4, 0.5) is 10.1 Å². The molecule has 208 valence electrons. The number of aryl methyl sites for hydroxylation is 1. The number of fused-ring (bicyclic) bond motifs is 1. The summed E-state index contributed by atoms with van der Waals surface area (Å²) in [7, 11) is 1.65. The fourth-order valence-electron chi connectivity index (χ4n) is 5.05. The molecule has 9 heteroatoms. The summed E-state index contributed by atoms with van der Waals surface area (Å²) in [6, 6.07) is 15.7. The van der Waals surface area contributed by atoms with E-state index in [1.807, 2.05) is 13.8 Å². The largest absolute Gasteiger partial charge is 0.505 e. The van der Waals surface area contributed by atoms with Gasteiger partial charge in [0.15, 0.2) is 11.4 Å². The summed E-state index contributed by atoms with van der Waals surface area (Å²) >= 11 is 0. The Morgan fingerprint density at radius 3 is 2.60 bits per heavy atom. The molecule has 3 aromatic carbocycles. The van der Waals surface area contributed by atoms with Crippen LogP contribution in [-0.2, 0) is 9.47 Å². The van der Waals surface area contributed by atoms with Crippen molar-refractivity contribution in [1.82, 2.24) is 0 Å². The lowest BCUT2D eigenvalue weighted by atomic mass is 9.94. The average Bonchev–Trinajstić information content (AvgIpc) is 2.92. The van der Waals surface area contributed by atoms with Crippen molar-refractivity contribution in [3.8, 4) is 22.6 Å². The van der Waals surface area contributed by atoms with Crippen LogP contribution in [0.5, 0.6) is 11.5 Å². The quantitative estimate of drug-likeness (QED) is 0.278. The van der Waals surface area contributed by atoms with Crippen LogP contribution in [0.1, 0.15) is 42.6 Å². The minimum atomic E-state index is -0.929. The number of amides is 1. The fourth-order valence-corrected chi connectivity index (χ4v) is 5.05. The third-order valence-electron chi connectivity index (χ3n) is 7.21. The van der Waals surface area contributed by atoms with Crippen molar-refractivity contribution in [2.24, 2.45) is 0 Å². The van der Waals surface area contributed by atoms with E-state index in [1.54, 1.807) is 56.5 Å². The monoisotopic (exact) mass is 547 g/mol. The zero-order valence-corrected chi connectivity index (χ0v) is 22.6. The number of aromatic hydroxyl groups is 1. The van der Waals surface area contributed by atoms with Crippen LogP contribution in [0.3, 0.4) is 0 Å². The number of methoxy groups -OCH3 is 1. The number of halogens is 1. The molecule has 1 aliphatic heterocycles. The first kappa shape index (κ1) is 27.4. The molecule has 40 heavy (non-hydrogen) atoms. The van der Waals surface area contributed by atoms with E-state index in [4.69, 9.17) is 18.6 Å². The molecule has 2 heterocycles. The van der Waals surface area contributed by atoms with Crippen LogP contribution >= 0.6 is 0 Å². The molecule has 0 spiro atoms. The highest BCUT2D eigenvalue weighted by molar-refractivity contribution is 6.07. The molecule has 0 bridgehead atoms. The lowest BCUT2D eigenvalue weighted by molar-refractivity contribution is -0.233. The van der Waals surface area contributed by atoms with E-state index in [9.17, 15) is 19.1 Å². The first-order valence-corrected chi connectivity index (χ1v) is 12.9. The van der Waals surface area contributed by atoms with Crippen LogP contribution in [0.25, 0.3) is 22.1 Å². The molecular weight excluding hydrogens is 517 g/mol. The van der Waals surface area contributed by atoms with Gasteiger partial charge in [-0.25, -0.2) is 9.18 Å². The maximum atomic E-state index is 14.3. The van der Waals surface area contributed by atoms with Crippen LogP contribution < -0.4 is 15.7 Å². The highest BCUT2D eigenvalue weighted by Crippen LogP contribution is 2.37. The Morgan fingerprint density at radius 1 is 1.10 bits per heavy atom. The molecule has 5 rings (SSSR count). The summed E-state index contributed by atoms with van der Waals surface area (Å²) in [5.41, 5.74) is -0.252. The molecule has 2 atom stereocenters. The maximum absolute atomic E-state index is 14.3. The van der Waals surface area contributed by atoms with Crippen molar-refractivity contribution in [2.45, 2.75) is 51.6 Å². The van der Waals surface area contributed by atoms with Gasteiger partial charge in [-0.05, 0) is 63.1 Å². The van der Waals surface area contributed by atoms with Gasteiger partial charge >= 0.3 is 5.63 Å². The molecule has 2 N–H and O–H groups in total. The Morgan fingerprint density at radius 2 is 1.88 bits per heavy atom. The van der Waals surface area contributed by atoms with Gasteiger partial charge in [-0.15, -0.1) is 0 Å². The summed E-state index contributed by atoms with van der Waals surface area (Å²) in [4.78, 5) is 25.9. The van der Waals surface area contributed by atoms with E-state index in [1.165, 1.54) is 18.2 Å². The number of nitrogens with one attached hydrogen (secondary N) is 1. The zero-order chi connectivity index (χ0) is 28.6. The van der Waals surface area contributed by atoms with Crippen LogP contribution in [-0.4, -0.2) is 36.1 Å². The summed E-state index contributed by atoms with van der Waals surface area (Å²) in [6.07, 6.45) is 0.771. The van der Waals surface area contributed by atoms with E-state index in [0.29, 0.717) is 28.9 Å². The molecule has 4 aromatic rings. The van der Waals surface area contributed by atoms with E-state index >= 15 is 0 Å². The van der Waals surface area contributed by atoms with Crippen molar-refractivity contribution in [2.75, 3.05) is 12.4 Å². The van der Waals surface area contributed by atoms with Crippen molar-refractivity contribution < 1.29 is 32.9 Å². The van der Waals surface area contributed by atoms with Crippen LogP contribution in [0.15, 0.2) is 69.9 Å². The minimum Gasteiger partial charge on any atom is -0.505 e. The van der Waals surface area contributed by atoms with Gasteiger partial charge in [0.2, 0.25) is 6.29 Å². The molecule has 0 radical (unpaired) electrons. The molecule has 1 amide bonds. The van der Waals surface area contributed by atoms with Gasteiger partial charge in [0, 0.05) is 30.2 Å². The second-order valence-electron chi connectivity index (χ2n) is 10.3. The van der Waals surface area contributed by atoms with Crippen molar-refractivity contribution in [1.29, 1.82) is 0 Å². The van der Waals surface area contributed by atoms with Gasteiger partial charge in [-0.1, -0.05) is 30.3 Å². The first-order valence-electron chi connectivity index (χ1n) is 12.9. The van der Waals surface area contributed by atoms with E-state index in [0.717, 1.165) is 6.42 Å². The Bertz CT molecular complexity index is 1650. The topological polar surface area (TPSA) is 107 Å². The maximum Gasteiger partial charge on any atom is 0.364 e. The Labute approximate surface area is 230 Å². The van der Waals surface area contributed by atoms with Crippen LogP contribution in [0, 0.1) is 12.7 Å². The molecule has 1 fully saturated rings. The van der Waals surface area contributed by atoms with Gasteiger partial charge in [0.25, 0.3) is 5.91 Å².